The first-order chi connectivity index (χ1) is 7.54. The summed E-state index contributed by atoms with van der Waals surface area (Å²) in [6, 6.07) is 4.84. The third-order valence-corrected chi connectivity index (χ3v) is 3.26. The highest BCUT2D eigenvalue weighted by molar-refractivity contribution is 9.10. The number of nitrogens with two attached hydrogens (primary N) is 1. The van der Waals surface area contributed by atoms with E-state index in [-0.39, 0.29) is 5.97 Å². The molecule has 1 atom stereocenters. The zero-order valence-electron chi connectivity index (χ0n) is 8.87. The van der Waals surface area contributed by atoms with Gasteiger partial charge in [0.2, 0.25) is 0 Å². The summed E-state index contributed by atoms with van der Waals surface area (Å²) in [5.74, 6) is -0.387. The van der Waals surface area contributed by atoms with E-state index < -0.39 is 6.04 Å². The number of hydrogen-bond acceptors (Lipinski definition) is 3. The Kier molecular flexibility index (Phi) is 5.25. The minimum atomic E-state index is -0.641. The zero-order valence-corrected chi connectivity index (χ0v) is 11.2. The lowest BCUT2D eigenvalue weighted by molar-refractivity contribution is -0.144. The topological polar surface area (TPSA) is 52.3 Å². The van der Waals surface area contributed by atoms with Crippen LogP contribution in [-0.4, -0.2) is 18.6 Å². The van der Waals surface area contributed by atoms with Crippen LogP contribution in [0.1, 0.15) is 12.5 Å². The molecular weight excluding hydrogens is 293 g/mol. The average Bonchev–Trinajstić information content (AvgIpc) is 2.24. The molecule has 0 aromatic heterocycles. The Labute approximate surface area is 108 Å². The van der Waals surface area contributed by atoms with Crippen LogP contribution >= 0.6 is 27.5 Å². The maximum absolute atomic E-state index is 11.3. The van der Waals surface area contributed by atoms with Crippen LogP contribution in [0.2, 0.25) is 5.02 Å². The number of carbonyl (C=O) groups excluding carboxylic acids is 1. The molecule has 16 heavy (non-hydrogen) atoms. The van der Waals surface area contributed by atoms with Crippen LogP contribution < -0.4 is 5.73 Å². The minimum absolute atomic E-state index is 0.341. The Morgan fingerprint density at radius 3 is 2.88 bits per heavy atom. The van der Waals surface area contributed by atoms with Crippen LogP contribution in [0, 0.1) is 0 Å². The second kappa shape index (κ2) is 6.23. The number of carbonyl (C=O) groups is 1. The number of ether oxygens (including phenoxy) is 1. The van der Waals surface area contributed by atoms with Crippen molar-refractivity contribution in [3.63, 3.8) is 0 Å². The standard InChI is InChI=1S/C11H13BrClNO2/c1-2-16-11(15)10(14)6-7-3-4-8(12)9(13)5-7/h3-5,10H,2,6,14H2,1H3. The van der Waals surface area contributed by atoms with Crippen molar-refractivity contribution < 1.29 is 9.53 Å². The second-order valence-electron chi connectivity index (χ2n) is 3.31. The summed E-state index contributed by atoms with van der Waals surface area (Å²) >= 11 is 9.23. The van der Waals surface area contributed by atoms with Gasteiger partial charge in [-0.25, -0.2) is 0 Å². The van der Waals surface area contributed by atoms with E-state index in [0.717, 1.165) is 10.0 Å². The predicted octanol–water partition coefficient (Wildman–Crippen LogP) is 2.54. The third-order valence-electron chi connectivity index (χ3n) is 2.03. The summed E-state index contributed by atoms with van der Waals surface area (Å²) < 4.78 is 5.65. The molecule has 1 rings (SSSR count). The number of halogens is 2. The smallest absolute Gasteiger partial charge is 0.323 e. The molecule has 1 aromatic rings. The highest BCUT2D eigenvalue weighted by Crippen LogP contribution is 2.23. The molecule has 1 aromatic carbocycles. The van der Waals surface area contributed by atoms with Crippen molar-refractivity contribution in [2.75, 3.05) is 6.61 Å². The predicted molar refractivity (Wildman–Crippen MR) is 67.5 cm³/mol. The fourth-order valence-corrected chi connectivity index (χ4v) is 1.70. The molecular formula is C11H13BrClNO2. The Morgan fingerprint density at radius 2 is 2.31 bits per heavy atom. The maximum atomic E-state index is 11.3. The average molecular weight is 307 g/mol. The zero-order chi connectivity index (χ0) is 12.1. The SMILES string of the molecule is CCOC(=O)C(N)Cc1ccc(Br)c(Cl)c1. The number of benzene rings is 1. The molecule has 0 fully saturated rings. The van der Waals surface area contributed by atoms with E-state index in [1.807, 2.05) is 12.1 Å². The Morgan fingerprint density at radius 1 is 1.62 bits per heavy atom. The number of esters is 1. The molecule has 0 amide bonds. The van der Waals surface area contributed by atoms with Crippen LogP contribution in [0.4, 0.5) is 0 Å². The fraction of sp³-hybridized carbons (Fsp3) is 0.364. The molecule has 1 unspecified atom stereocenters. The molecule has 5 heteroatoms. The molecule has 3 nitrogen and oxygen atoms in total. The monoisotopic (exact) mass is 305 g/mol. The molecule has 2 N–H and O–H groups in total. The summed E-state index contributed by atoms with van der Waals surface area (Å²) in [7, 11) is 0. The lowest BCUT2D eigenvalue weighted by Gasteiger charge is -2.10. The Balaban J connectivity index is 2.66. The Bertz CT molecular complexity index is 384. The van der Waals surface area contributed by atoms with Gasteiger partial charge in [0.1, 0.15) is 6.04 Å². The molecule has 0 aliphatic heterocycles. The molecule has 0 saturated heterocycles. The van der Waals surface area contributed by atoms with Gasteiger partial charge in [-0.15, -0.1) is 0 Å². The van der Waals surface area contributed by atoms with Crippen LogP contribution in [0.15, 0.2) is 22.7 Å². The van der Waals surface area contributed by atoms with E-state index in [1.165, 1.54) is 0 Å². The largest absolute Gasteiger partial charge is 0.465 e. The summed E-state index contributed by atoms with van der Waals surface area (Å²) in [6.45, 7) is 2.09. The summed E-state index contributed by atoms with van der Waals surface area (Å²) in [5.41, 5.74) is 6.60. The van der Waals surface area contributed by atoms with Crippen molar-refractivity contribution in [2.45, 2.75) is 19.4 Å². The molecule has 0 saturated carbocycles. The third kappa shape index (κ3) is 3.77. The molecule has 0 radical (unpaired) electrons. The number of rotatable bonds is 4. The first-order valence-corrected chi connectivity index (χ1v) is 6.07. The van der Waals surface area contributed by atoms with E-state index in [0.29, 0.717) is 18.1 Å². The van der Waals surface area contributed by atoms with Gasteiger partial charge in [-0.1, -0.05) is 17.7 Å². The highest BCUT2D eigenvalue weighted by atomic mass is 79.9. The van der Waals surface area contributed by atoms with Gasteiger partial charge in [-0.05, 0) is 47.0 Å². The highest BCUT2D eigenvalue weighted by Gasteiger charge is 2.15. The van der Waals surface area contributed by atoms with E-state index >= 15 is 0 Å². The van der Waals surface area contributed by atoms with Crippen molar-refractivity contribution in [1.82, 2.24) is 0 Å². The summed E-state index contributed by atoms with van der Waals surface area (Å²) in [5, 5.41) is 0.605. The molecule has 88 valence electrons. The molecule has 0 aliphatic carbocycles. The fourth-order valence-electron chi connectivity index (χ4n) is 1.25. The van der Waals surface area contributed by atoms with Crippen LogP contribution in [0.5, 0.6) is 0 Å². The first kappa shape index (κ1) is 13.5. The van der Waals surface area contributed by atoms with Crippen molar-refractivity contribution in [2.24, 2.45) is 5.73 Å². The van der Waals surface area contributed by atoms with E-state index in [9.17, 15) is 4.79 Å². The van der Waals surface area contributed by atoms with Gasteiger partial charge in [0.25, 0.3) is 0 Å². The lowest BCUT2D eigenvalue weighted by atomic mass is 10.1. The molecule has 0 spiro atoms. The van der Waals surface area contributed by atoms with Gasteiger partial charge < -0.3 is 10.5 Å². The second-order valence-corrected chi connectivity index (χ2v) is 4.57. The quantitative estimate of drug-likeness (QED) is 0.870. The van der Waals surface area contributed by atoms with Gasteiger partial charge in [0.15, 0.2) is 0 Å². The first-order valence-electron chi connectivity index (χ1n) is 4.90. The van der Waals surface area contributed by atoms with Gasteiger partial charge >= 0.3 is 5.97 Å². The molecule has 0 aliphatic rings. The van der Waals surface area contributed by atoms with Crippen LogP contribution in [-0.2, 0) is 16.0 Å². The van der Waals surface area contributed by atoms with Crippen LogP contribution in [0.25, 0.3) is 0 Å². The maximum Gasteiger partial charge on any atom is 0.323 e. The van der Waals surface area contributed by atoms with Crippen molar-refractivity contribution in [3.05, 3.63) is 33.3 Å². The van der Waals surface area contributed by atoms with Gasteiger partial charge in [0.05, 0.1) is 11.6 Å². The summed E-state index contributed by atoms with van der Waals surface area (Å²) in [4.78, 5) is 11.3. The van der Waals surface area contributed by atoms with E-state index in [1.54, 1.807) is 13.0 Å². The molecule has 0 heterocycles. The minimum Gasteiger partial charge on any atom is -0.465 e. The Hall–Kier alpha value is -0.580. The van der Waals surface area contributed by atoms with Crippen LogP contribution in [0.3, 0.4) is 0 Å². The van der Waals surface area contributed by atoms with Gasteiger partial charge in [-0.3, -0.25) is 4.79 Å². The van der Waals surface area contributed by atoms with Gasteiger partial charge in [0, 0.05) is 4.47 Å². The normalized spacial score (nSPS) is 12.2. The molecule has 0 bridgehead atoms. The van der Waals surface area contributed by atoms with Gasteiger partial charge in [-0.2, -0.15) is 0 Å². The number of hydrogen-bond donors (Lipinski definition) is 1. The lowest BCUT2D eigenvalue weighted by Crippen LogP contribution is -2.34. The van der Waals surface area contributed by atoms with Crippen molar-refractivity contribution in [3.8, 4) is 0 Å². The van der Waals surface area contributed by atoms with E-state index in [2.05, 4.69) is 15.9 Å². The van der Waals surface area contributed by atoms with Crippen molar-refractivity contribution >= 4 is 33.5 Å². The van der Waals surface area contributed by atoms with E-state index in [4.69, 9.17) is 22.1 Å². The summed E-state index contributed by atoms with van der Waals surface area (Å²) in [6.07, 6.45) is 0.422. The van der Waals surface area contributed by atoms with Crippen molar-refractivity contribution in [1.29, 1.82) is 0 Å².